The number of aliphatic hydroxyl groups is 1. The van der Waals surface area contributed by atoms with E-state index in [1.54, 1.807) is 6.92 Å². The van der Waals surface area contributed by atoms with Gasteiger partial charge in [0.1, 0.15) is 11.3 Å². The van der Waals surface area contributed by atoms with Crippen LogP contribution < -0.4 is 0 Å². The normalized spacial score (nSPS) is 12.1. The Balaban J connectivity index is 2.98. The Hall–Kier alpha value is -2.57. The zero-order chi connectivity index (χ0) is 16.5. The van der Waals surface area contributed by atoms with E-state index < -0.39 is 11.9 Å². The maximum absolute atomic E-state index is 11.8. The van der Waals surface area contributed by atoms with Crippen LogP contribution in [0.4, 0.5) is 5.88 Å². The van der Waals surface area contributed by atoms with Gasteiger partial charge in [0, 0.05) is 18.7 Å². The van der Waals surface area contributed by atoms with Crippen LogP contribution in [-0.2, 0) is 14.3 Å². The first-order valence-electron chi connectivity index (χ1n) is 6.84. The smallest absolute Gasteiger partial charge is 0.374 e. The number of aliphatic imine (C=N–C) groups is 1. The summed E-state index contributed by atoms with van der Waals surface area (Å²) >= 11 is 0. The summed E-state index contributed by atoms with van der Waals surface area (Å²) in [5.41, 5.74) is -0.0419. The fourth-order valence-corrected chi connectivity index (χ4v) is 1.56. The molecule has 0 unspecified atom stereocenters. The lowest BCUT2D eigenvalue weighted by Crippen LogP contribution is -2.11. The third-order valence-electron chi connectivity index (χ3n) is 2.59. The summed E-state index contributed by atoms with van der Waals surface area (Å²) in [5.74, 6) is -1.31. The molecule has 0 radical (unpaired) electrons. The summed E-state index contributed by atoms with van der Waals surface area (Å²) in [6.45, 7) is 3.72. The quantitative estimate of drug-likeness (QED) is 0.360. The van der Waals surface area contributed by atoms with Gasteiger partial charge in [-0.3, -0.25) is 0 Å². The maximum Gasteiger partial charge on any atom is 0.374 e. The van der Waals surface area contributed by atoms with E-state index in [1.165, 1.54) is 19.2 Å². The molecule has 1 aromatic heterocycles. The summed E-state index contributed by atoms with van der Waals surface area (Å²) in [7, 11) is 1.23. The Bertz CT molecular complexity index is 585. The maximum atomic E-state index is 11.8. The number of aliphatic hydroxyl groups excluding tert-OH is 1. The number of rotatable bonds is 7. The second-order valence-electron chi connectivity index (χ2n) is 4.22. The van der Waals surface area contributed by atoms with Crippen LogP contribution >= 0.6 is 0 Å². The molecule has 1 rings (SSSR count). The first-order valence-corrected chi connectivity index (χ1v) is 6.84. The van der Waals surface area contributed by atoms with Gasteiger partial charge in [-0.2, -0.15) is 0 Å². The van der Waals surface area contributed by atoms with Crippen molar-refractivity contribution in [3.63, 3.8) is 0 Å². The van der Waals surface area contributed by atoms with Crippen molar-refractivity contribution in [2.75, 3.05) is 13.7 Å². The second kappa shape index (κ2) is 8.66. The number of furan rings is 1. The van der Waals surface area contributed by atoms with Gasteiger partial charge in [0.25, 0.3) is 0 Å². The molecular weight excluding hydrogens is 290 g/mol. The molecule has 120 valence electrons. The van der Waals surface area contributed by atoms with Gasteiger partial charge in [-0.15, -0.1) is 0 Å². The zero-order valence-electron chi connectivity index (χ0n) is 12.8. The van der Waals surface area contributed by atoms with E-state index in [0.29, 0.717) is 12.8 Å². The van der Waals surface area contributed by atoms with Crippen LogP contribution in [-0.4, -0.2) is 37.0 Å². The summed E-state index contributed by atoms with van der Waals surface area (Å²) in [5, 5.41) is 9.90. The molecule has 0 saturated carbocycles. The van der Waals surface area contributed by atoms with Crippen molar-refractivity contribution < 1.29 is 28.6 Å². The average Bonchev–Trinajstić information content (AvgIpc) is 2.96. The molecule has 0 fully saturated rings. The van der Waals surface area contributed by atoms with Crippen LogP contribution in [0.5, 0.6) is 0 Å². The van der Waals surface area contributed by atoms with E-state index in [-0.39, 0.29) is 29.6 Å². The minimum atomic E-state index is -0.669. The molecule has 1 heterocycles. The van der Waals surface area contributed by atoms with Crippen molar-refractivity contribution in [2.45, 2.75) is 26.7 Å². The first-order chi connectivity index (χ1) is 10.5. The molecule has 0 amide bonds. The molecule has 0 aliphatic heterocycles. The lowest BCUT2D eigenvalue weighted by molar-refractivity contribution is -0.138. The SMILES string of the molecule is CCC/C(O)=C(\C=N\c1ccc(C(=O)OC)o1)C(=O)OCC. The van der Waals surface area contributed by atoms with E-state index in [0.717, 1.165) is 6.21 Å². The number of nitrogens with zero attached hydrogens (tertiary/aromatic N) is 1. The fourth-order valence-electron chi connectivity index (χ4n) is 1.56. The van der Waals surface area contributed by atoms with Gasteiger partial charge in [0.15, 0.2) is 0 Å². The molecule has 0 spiro atoms. The standard InChI is InChI=1S/C15H19NO6/c1-4-6-11(17)10(14(18)21-5-2)9-16-13-8-7-12(22-13)15(19)20-3/h7-9,17H,4-6H2,1-3H3/b11-10-,16-9+. The lowest BCUT2D eigenvalue weighted by atomic mass is 10.2. The highest BCUT2D eigenvalue weighted by molar-refractivity contribution is 6.10. The Morgan fingerprint density at radius 1 is 1.36 bits per heavy atom. The minimum absolute atomic E-state index is 0.00547. The molecule has 0 bridgehead atoms. The summed E-state index contributed by atoms with van der Waals surface area (Å²) < 4.78 is 14.5. The molecular formula is C15H19NO6. The monoisotopic (exact) mass is 309 g/mol. The van der Waals surface area contributed by atoms with Crippen molar-refractivity contribution in [3.05, 3.63) is 29.2 Å². The summed E-state index contributed by atoms with van der Waals surface area (Å²) in [4.78, 5) is 27.0. The molecule has 0 atom stereocenters. The third-order valence-corrected chi connectivity index (χ3v) is 2.59. The highest BCUT2D eigenvalue weighted by Crippen LogP contribution is 2.18. The topological polar surface area (TPSA) is 98.3 Å². The molecule has 0 saturated heterocycles. The zero-order valence-corrected chi connectivity index (χ0v) is 12.8. The molecule has 0 aliphatic carbocycles. The van der Waals surface area contributed by atoms with Crippen LogP contribution in [0.2, 0.25) is 0 Å². The largest absolute Gasteiger partial charge is 0.511 e. The predicted octanol–water partition coefficient (Wildman–Crippen LogP) is 2.94. The van der Waals surface area contributed by atoms with E-state index in [1.807, 2.05) is 6.92 Å². The van der Waals surface area contributed by atoms with Crippen LogP contribution in [0, 0.1) is 0 Å². The number of carbonyl (C=O) groups is 2. The van der Waals surface area contributed by atoms with Gasteiger partial charge in [0.05, 0.1) is 13.7 Å². The number of allylic oxidation sites excluding steroid dienone is 1. The molecule has 0 aromatic carbocycles. The van der Waals surface area contributed by atoms with Crippen molar-refractivity contribution in [1.29, 1.82) is 0 Å². The van der Waals surface area contributed by atoms with Crippen molar-refractivity contribution in [3.8, 4) is 0 Å². The molecule has 1 N–H and O–H groups in total. The number of hydrogen-bond donors (Lipinski definition) is 1. The lowest BCUT2D eigenvalue weighted by Gasteiger charge is -2.05. The Labute approximate surface area is 128 Å². The molecule has 1 aromatic rings. The number of methoxy groups -OCH3 is 1. The Morgan fingerprint density at radius 2 is 2.09 bits per heavy atom. The highest BCUT2D eigenvalue weighted by atomic mass is 16.5. The van der Waals surface area contributed by atoms with Crippen LogP contribution in [0.3, 0.4) is 0 Å². The highest BCUT2D eigenvalue weighted by Gasteiger charge is 2.15. The van der Waals surface area contributed by atoms with Gasteiger partial charge in [0.2, 0.25) is 11.6 Å². The van der Waals surface area contributed by atoms with Crippen LogP contribution in [0.25, 0.3) is 0 Å². The summed E-state index contributed by atoms with van der Waals surface area (Å²) in [6.07, 6.45) is 2.14. The number of esters is 2. The predicted molar refractivity (Wildman–Crippen MR) is 79.4 cm³/mol. The fraction of sp³-hybridized carbons (Fsp3) is 0.400. The van der Waals surface area contributed by atoms with E-state index >= 15 is 0 Å². The van der Waals surface area contributed by atoms with Gasteiger partial charge in [-0.1, -0.05) is 6.92 Å². The second-order valence-corrected chi connectivity index (χ2v) is 4.22. The third kappa shape index (κ3) is 4.76. The average molecular weight is 309 g/mol. The molecule has 7 heteroatoms. The van der Waals surface area contributed by atoms with Crippen LogP contribution in [0.15, 0.2) is 32.9 Å². The molecule has 0 aliphatic rings. The van der Waals surface area contributed by atoms with Crippen molar-refractivity contribution >= 4 is 24.0 Å². The number of carbonyl (C=O) groups excluding carboxylic acids is 2. The Kier molecular flexibility index (Phi) is 6.88. The van der Waals surface area contributed by atoms with Gasteiger partial charge in [-0.25, -0.2) is 14.6 Å². The van der Waals surface area contributed by atoms with Crippen LogP contribution in [0.1, 0.15) is 37.2 Å². The van der Waals surface area contributed by atoms with Gasteiger partial charge in [-0.05, 0) is 19.4 Å². The van der Waals surface area contributed by atoms with Gasteiger partial charge >= 0.3 is 11.9 Å². The van der Waals surface area contributed by atoms with Crippen molar-refractivity contribution in [1.82, 2.24) is 0 Å². The Morgan fingerprint density at radius 3 is 2.68 bits per heavy atom. The summed E-state index contributed by atoms with van der Waals surface area (Å²) in [6, 6.07) is 2.85. The van der Waals surface area contributed by atoms with Gasteiger partial charge < -0.3 is 19.0 Å². The first kappa shape index (κ1) is 17.5. The number of ether oxygens (including phenoxy) is 2. The van der Waals surface area contributed by atoms with E-state index in [9.17, 15) is 14.7 Å². The molecule has 7 nitrogen and oxygen atoms in total. The van der Waals surface area contributed by atoms with E-state index in [2.05, 4.69) is 9.73 Å². The number of hydrogen-bond acceptors (Lipinski definition) is 7. The molecule has 22 heavy (non-hydrogen) atoms. The van der Waals surface area contributed by atoms with E-state index in [4.69, 9.17) is 9.15 Å². The van der Waals surface area contributed by atoms with Crippen molar-refractivity contribution in [2.24, 2.45) is 4.99 Å². The minimum Gasteiger partial charge on any atom is -0.511 e.